The Morgan fingerprint density at radius 2 is 1.86 bits per heavy atom. The molecule has 0 saturated carbocycles. The summed E-state index contributed by atoms with van der Waals surface area (Å²) in [6.45, 7) is 5.47. The van der Waals surface area contributed by atoms with Gasteiger partial charge in [-0.1, -0.05) is 31.5 Å². The van der Waals surface area contributed by atoms with E-state index in [-0.39, 0.29) is 26.8 Å². The highest BCUT2D eigenvalue weighted by atomic mass is 35.5. The van der Waals surface area contributed by atoms with Gasteiger partial charge in [-0.3, -0.25) is 4.79 Å². The van der Waals surface area contributed by atoms with Gasteiger partial charge >= 0.3 is 0 Å². The van der Waals surface area contributed by atoms with Crippen molar-refractivity contribution in [3.8, 4) is 0 Å². The van der Waals surface area contributed by atoms with Crippen LogP contribution in [0.25, 0.3) is 0 Å². The van der Waals surface area contributed by atoms with Crippen LogP contribution < -0.4 is 5.14 Å². The lowest BCUT2D eigenvalue weighted by Crippen LogP contribution is -2.41. The van der Waals surface area contributed by atoms with Gasteiger partial charge in [0.2, 0.25) is 10.0 Å². The summed E-state index contributed by atoms with van der Waals surface area (Å²) in [5, 5.41) is 5.29. The molecule has 1 aliphatic rings. The summed E-state index contributed by atoms with van der Waals surface area (Å²) in [6.07, 6.45) is 1.74. The van der Waals surface area contributed by atoms with Crippen molar-refractivity contribution < 1.29 is 13.2 Å². The Morgan fingerprint density at radius 1 is 1.29 bits per heavy atom. The quantitative estimate of drug-likeness (QED) is 0.903. The summed E-state index contributed by atoms with van der Waals surface area (Å²) in [7, 11) is -3.99. The average Bonchev–Trinajstić information content (AvgIpc) is 2.36. The highest BCUT2D eigenvalue weighted by Gasteiger charge is 2.31. The number of carbonyl (C=O) groups excluding carboxylic acids is 1. The third-order valence-electron chi connectivity index (χ3n) is 3.90. The van der Waals surface area contributed by atoms with Crippen molar-refractivity contribution in [1.29, 1.82) is 0 Å². The fraction of sp³-hybridized carbons (Fsp3) is 0.500. The van der Waals surface area contributed by atoms with Gasteiger partial charge in [-0.25, -0.2) is 13.6 Å². The van der Waals surface area contributed by atoms with Gasteiger partial charge in [-0.15, -0.1) is 0 Å². The Balaban J connectivity index is 2.37. The Labute approximate surface area is 130 Å². The minimum Gasteiger partial charge on any atom is -0.339 e. The smallest absolute Gasteiger partial charge is 0.256 e. The standard InChI is InChI=1S/C14H19ClN2O3S/c1-14(2)6-8-17(9-7-14)13(18)12-10(15)4-3-5-11(12)21(16,19)20/h3-5H,6-9H2,1-2H3,(H2,16,19,20). The van der Waals surface area contributed by atoms with Crippen molar-refractivity contribution in [2.75, 3.05) is 13.1 Å². The molecule has 1 amide bonds. The van der Waals surface area contributed by atoms with Gasteiger partial charge in [-0.2, -0.15) is 0 Å². The maximum absolute atomic E-state index is 12.6. The zero-order valence-electron chi connectivity index (χ0n) is 12.1. The summed E-state index contributed by atoms with van der Waals surface area (Å²) in [5.41, 5.74) is 0.168. The van der Waals surface area contributed by atoms with E-state index in [1.165, 1.54) is 18.2 Å². The highest BCUT2D eigenvalue weighted by Crippen LogP contribution is 2.32. The van der Waals surface area contributed by atoms with Crippen molar-refractivity contribution >= 4 is 27.5 Å². The molecule has 1 heterocycles. The molecule has 0 radical (unpaired) electrons. The predicted octanol–water partition coefficient (Wildman–Crippen LogP) is 2.25. The van der Waals surface area contributed by atoms with Gasteiger partial charge in [0, 0.05) is 13.1 Å². The zero-order chi connectivity index (χ0) is 15.8. The molecule has 0 atom stereocenters. The summed E-state index contributed by atoms with van der Waals surface area (Å²) < 4.78 is 23.3. The van der Waals surface area contributed by atoms with E-state index < -0.39 is 10.0 Å². The largest absolute Gasteiger partial charge is 0.339 e. The monoisotopic (exact) mass is 330 g/mol. The lowest BCUT2D eigenvalue weighted by molar-refractivity contribution is 0.0626. The first-order valence-corrected chi connectivity index (χ1v) is 8.65. The first-order chi connectivity index (χ1) is 9.62. The summed E-state index contributed by atoms with van der Waals surface area (Å²) in [5.74, 6) is -0.375. The molecular formula is C14H19ClN2O3S. The van der Waals surface area contributed by atoms with Crippen LogP contribution in [0.1, 0.15) is 37.0 Å². The number of hydrogen-bond donors (Lipinski definition) is 1. The molecule has 0 spiro atoms. The summed E-state index contributed by atoms with van der Waals surface area (Å²) in [4.78, 5) is 14.0. The number of nitrogens with zero attached hydrogens (tertiary/aromatic N) is 1. The van der Waals surface area contributed by atoms with Crippen molar-refractivity contribution in [3.63, 3.8) is 0 Å². The molecule has 1 saturated heterocycles. The number of primary sulfonamides is 1. The van der Waals surface area contributed by atoms with E-state index in [2.05, 4.69) is 13.8 Å². The number of carbonyl (C=O) groups is 1. The third kappa shape index (κ3) is 3.56. The predicted molar refractivity (Wildman–Crippen MR) is 81.7 cm³/mol. The fourth-order valence-electron chi connectivity index (χ4n) is 2.42. The normalized spacial score (nSPS) is 18.6. The number of rotatable bonds is 2. The molecule has 1 aliphatic heterocycles. The molecule has 5 nitrogen and oxygen atoms in total. The number of sulfonamides is 1. The average molecular weight is 331 g/mol. The highest BCUT2D eigenvalue weighted by molar-refractivity contribution is 7.89. The van der Waals surface area contributed by atoms with E-state index in [1.807, 2.05) is 0 Å². The van der Waals surface area contributed by atoms with Gasteiger partial charge in [0.25, 0.3) is 5.91 Å². The lowest BCUT2D eigenvalue weighted by atomic mass is 9.82. The molecule has 7 heteroatoms. The number of amides is 1. The van der Waals surface area contributed by atoms with Crippen LogP contribution >= 0.6 is 11.6 Å². The minimum atomic E-state index is -3.99. The van der Waals surface area contributed by atoms with Crippen LogP contribution in [0, 0.1) is 5.41 Å². The lowest BCUT2D eigenvalue weighted by Gasteiger charge is -2.37. The van der Waals surface area contributed by atoms with Crippen molar-refractivity contribution in [1.82, 2.24) is 4.90 Å². The topological polar surface area (TPSA) is 80.5 Å². The SMILES string of the molecule is CC1(C)CCN(C(=O)c2c(Cl)cccc2S(N)(=O)=O)CC1. The molecule has 1 aromatic carbocycles. The van der Waals surface area contributed by atoms with Gasteiger partial charge in [0.15, 0.2) is 0 Å². The molecule has 116 valence electrons. The Bertz CT molecular complexity index is 661. The molecule has 1 fully saturated rings. The van der Waals surface area contributed by atoms with Crippen LogP contribution in [-0.2, 0) is 10.0 Å². The molecular weight excluding hydrogens is 312 g/mol. The Kier molecular flexibility index (Phi) is 4.33. The Morgan fingerprint density at radius 3 is 2.38 bits per heavy atom. The molecule has 2 rings (SSSR count). The summed E-state index contributed by atoms with van der Waals surface area (Å²) >= 11 is 6.04. The van der Waals surface area contributed by atoms with Crippen LogP contribution in [0.5, 0.6) is 0 Å². The summed E-state index contributed by atoms with van der Waals surface area (Å²) in [6, 6.07) is 4.28. The number of piperidine rings is 1. The molecule has 0 bridgehead atoms. The van der Waals surface area contributed by atoms with Crippen molar-refractivity contribution in [2.45, 2.75) is 31.6 Å². The molecule has 21 heavy (non-hydrogen) atoms. The van der Waals surface area contributed by atoms with E-state index in [1.54, 1.807) is 4.90 Å². The van der Waals surface area contributed by atoms with E-state index in [9.17, 15) is 13.2 Å². The van der Waals surface area contributed by atoms with Gasteiger partial charge in [0.1, 0.15) is 0 Å². The molecule has 1 aromatic rings. The van der Waals surface area contributed by atoms with Crippen LogP contribution in [0.15, 0.2) is 23.1 Å². The van der Waals surface area contributed by atoms with Gasteiger partial charge < -0.3 is 4.90 Å². The van der Waals surface area contributed by atoms with Crippen LogP contribution in [-0.4, -0.2) is 32.3 Å². The van der Waals surface area contributed by atoms with Gasteiger partial charge in [0.05, 0.1) is 15.5 Å². The molecule has 0 aromatic heterocycles. The van der Waals surface area contributed by atoms with Crippen LogP contribution in [0.2, 0.25) is 5.02 Å². The maximum atomic E-state index is 12.6. The molecule has 0 aliphatic carbocycles. The number of hydrogen-bond acceptors (Lipinski definition) is 3. The number of halogens is 1. The van der Waals surface area contributed by atoms with E-state index >= 15 is 0 Å². The second kappa shape index (κ2) is 5.59. The van der Waals surface area contributed by atoms with Crippen molar-refractivity contribution in [2.24, 2.45) is 10.6 Å². The number of benzene rings is 1. The fourth-order valence-corrected chi connectivity index (χ4v) is 3.48. The van der Waals surface area contributed by atoms with Gasteiger partial charge in [-0.05, 0) is 30.4 Å². The van der Waals surface area contributed by atoms with E-state index in [0.29, 0.717) is 13.1 Å². The maximum Gasteiger partial charge on any atom is 0.256 e. The van der Waals surface area contributed by atoms with Crippen LogP contribution in [0.4, 0.5) is 0 Å². The zero-order valence-corrected chi connectivity index (χ0v) is 13.7. The Hall–Kier alpha value is -1.11. The first-order valence-electron chi connectivity index (χ1n) is 6.72. The third-order valence-corrected chi connectivity index (χ3v) is 5.17. The second-order valence-electron chi connectivity index (χ2n) is 6.11. The second-order valence-corrected chi connectivity index (χ2v) is 8.05. The number of likely N-dealkylation sites (tertiary alicyclic amines) is 1. The van der Waals surface area contributed by atoms with E-state index in [4.69, 9.17) is 16.7 Å². The van der Waals surface area contributed by atoms with Crippen molar-refractivity contribution in [3.05, 3.63) is 28.8 Å². The minimum absolute atomic E-state index is 0.0265. The van der Waals surface area contributed by atoms with E-state index in [0.717, 1.165) is 12.8 Å². The molecule has 2 N–H and O–H groups in total. The first kappa shape index (κ1) is 16.3. The number of nitrogens with two attached hydrogens (primary N) is 1. The molecule has 0 unspecified atom stereocenters. The van der Waals surface area contributed by atoms with Crippen LogP contribution in [0.3, 0.4) is 0 Å².